The van der Waals surface area contributed by atoms with Gasteiger partial charge >= 0.3 is 0 Å². The highest BCUT2D eigenvalue weighted by molar-refractivity contribution is 5.78. The fraction of sp³-hybridized carbons (Fsp3) is 0.900. The van der Waals surface area contributed by atoms with Crippen molar-refractivity contribution in [3.05, 3.63) is 0 Å². The van der Waals surface area contributed by atoms with E-state index in [9.17, 15) is 4.79 Å². The summed E-state index contributed by atoms with van der Waals surface area (Å²) in [6.07, 6.45) is 0.717. The van der Waals surface area contributed by atoms with Gasteiger partial charge in [0.1, 0.15) is 0 Å². The Balaban J connectivity index is 2.29. The van der Waals surface area contributed by atoms with Crippen LogP contribution in [-0.2, 0) is 4.79 Å². The van der Waals surface area contributed by atoms with Crippen LogP contribution < -0.4 is 5.32 Å². The molecule has 0 aromatic heterocycles. The fourth-order valence-electron chi connectivity index (χ4n) is 1.82. The number of hydrogen-bond acceptors (Lipinski definition) is 3. The minimum absolute atomic E-state index is 0.312. The SMILES string of the molecule is CNCC1CC(=O)N(CCN(C)C)C1. The molecule has 0 saturated carbocycles. The molecule has 1 N–H and O–H groups in total. The van der Waals surface area contributed by atoms with Gasteiger partial charge in [-0.25, -0.2) is 0 Å². The van der Waals surface area contributed by atoms with Crippen LogP contribution in [0.3, 0.4) is 0 Å². The van der Waals surface area contributed by atoms with Crippen LogP contribution in [0.25, 0.3) is 0 Å². The lowest BCUT2D eigenvalue weighted by Gasteiger charge is -2.19. The summed E-state index contributed by atoms with van der Waals surface area (Å²) in [6.45, 7) is 3.70. The molecule has 14 heavy (non-hydrogen) atoms. The molecule has 4 heteroatoms. The molecule has 1 heterocycles. The molecule has 82 valence electrons. The molecule has 4 nitrogen and oxygen atoms in total. The monoisotopic (exact) mass is 199 g/mol. The highest BCUT2D eigenvalue weighted by Crippen LogP contribution is 2.16. The Morgan fingerprint density at radius 1 is 1.57 bits per heavy atom. The molecule has 0 radical (unpaired) electrons. The van der Waals surface area contributed by atoms with E-state index in [0.717, 1.165) is 26.2 Å². The summed E-state index contributed by atoms with van der Waals surface area (Å²) in [5, 5.41) is 3.13. The Hall–Kier alpha value is -0.610. The minimum Gasteiger partial charge on any atom is -0.341 e. The van der Waals surface area contributed by atoms with E-state index >= 15 is 0 Å². The van der Waals surface area contributed by atoms with Gasteiger partial charge in [0.15, 0.2) is 0 Å². The smallest absolute Gasteiger partial charge is 0.223 e. The van der Waals surface area contributed by atoms with Crippen LogP contribution in [0.2, 0.25) is 0 Å². The summed E-state index contributed by atoms with van der Waals surface area (Å²) >= 11 is 0. The summed E-state index contributed by atoms with van der Waals surface area (Å²) in [5.74, 6) is 0.821. The number of carbonyl (C=O) groups is 1. The second kappa shape index (κ2) is 5.32. The molecule has 0 aromatic rings. The van der Waals surface area contributed by atoms with Crippen molar-refractivity contribution in [1.82, 2.24) is 15.1 Å². The second-order valence-corrected chi connectivity index (χ2v) is 4.27. The van der Waals surface area contributed by atoms with Crippen molar-refractivity contribution < 1.29 is 4.79 Å². The number of nitrogens with zero attached hydrogens (tertiary/aromatic N) is 2. The van der Waals surface area contributed by atoms with Crippen molar-refractivity contribution in [3.63, 3.8) is 0 Å². The molecule has 1 atom stereocenters. The van der Waals surface area contributed by atoms with E-state index in [2.05, 4.69) is 10.2 Å². The van der Waals surface area contributed by atoms with Crippen molar-refractivity contribution in [2.45, 2.75) is 6.42 Å². The third-order valence-corrected chi connectivity index (χ3v) is 2.60. The van der Waals surface area contributed by atoms with Gasteiger partial charge in [0.05, 0.1) is 0 Å². The maximum Gasteiger partial charge on any atom is 0.223 e. The normalized spacial score (nSPS) is 22.4. The van der Waals surface area contributed by atoms with Crippen LogP contribution in [0.4, 0.5) is 0 Å². The molecular formula is C10H21N3O. The van der Waals surface area contributed by atoms with Gasteiger partial charge in [-0.3, -0.25) is 4.79 Å². The Morgan fingerprint density at radius 3 is 2.86 bits per heavy atom. The van der Waals surface area contributed by atoms with E-state index in [1.165, 1.54) is 0 Å². The van der Waals surface area contributed by atoms with E-state index in [-0.39, 0.29) is 0 Å². The maximum absolute atomic E-state index is 11.6. The molecule has 1 saturated heterocycles. The molecule has 0 bridgehead atoms. The first-order valence-electron chi connectivity index (χ1n) is 5.20. The third-order valence-electron chi connectivity index (χ3n) is 2.60. The zero-order chi connectivity index (χ0) is 10.6. The second-order valence-electron chi connectivity index (χ2n) is 4.27. The van der Waals surface area contributed by atoms with Crippen LogP contribution in [-0.4, -0.2) is 63.0 Å². The van der Waals surface area contributed by atoms with Crippen molar-refractivity contribution in [3.8, 4) is 0 Å². The van der Waals surface area contributed by atoms with Crippen LogP contribution >= 0.6 is 0 Å². The number of nitrogens with one attached hydrogen (secondary N) is 1. The lowest BCUT2D eigenvalue weighted by molar-refractivity contribution is -0.127. The van der Waals surface area contributed by atoms with Crippen LogP contribution in [0.5, 0.6) is 0 Å². The summed E-state index contributed by atoms with van der Waals surface area (Å²) in [6, 6.07) is 0. The molecule has 1 fully saturated rings. The van der Waals surface area contributed by atoms with E-state index in [0.29, 0.717) is 18.2 Å². The molecule has 1 aliphatic rings. The topological polar surface area (TPSA) is 35.6 Å². The summed E-state index contributed by atoms with van der Waals surface area (Å²) in [5.41, 5.74) is 0. The molecule has 0 spiro atoms. The molecule has 1 amide bonds. The minimum atomic E-state index is 0.312. The number of carbonyl (C=O) groups excluding carboxylic acids is 1. The largest absolute Gasteiger partial charge is 0.341 e. The summed E-state index contributed by atoms with van der Waals surface area (Å²) in [4.78, 5) is 15.6. The predicted molar refractivity (Wildman–Crippen MR) is 57.2 cm³/mol. The number of hydrogen-bond donors (Lipinski definition) is 1. The third kappa shape index (κ3) is 3.27. The van der Waals surface area contributed by atoms with Gasteiger partial charge in [0.25, 0.3) is 0 Å². The zero-order valence-corrected chi connectivity index (χ0v) is 9.42. The van der Waals surface area contributed by atoms with Crippen molar-refractivity contribution in [1.29, 1.82) is 0 Å². The van der Waals surface area contributed by atoms with Crippen molar-refractivity contribution in [2.24, 2.45) is 5.92 Å². The average molecular weight is 199 g/mol. The Bertz CT molecular complexity index is 194. The fourth-order valence-corrected chi connectivity index (χ4v) is 1.82. The number of rotatable bonds is 5. The maximum atomic E-state index is 11.6. The zero-order valence-electron chi connectivity index (χ0n) is 9.42. The standard InChI is InChI=1S/C10H21N3O/c1-11-7-9-6-10(14)13(8-9)5-4-12(2)3/h9,11H,4-8H2,1-3H3. The molecular weight excluding hydrogens is 178 g/mol. The summed E-state index contributed by atoms with van der Waals surface area (Å²) < 4.78 is 0. The average Bonchev–Trinajstić information content (AvgIpc) is 2.44. The first-order chi connectivity index (χ1) is 6.63. The first-order valence-corrected chi connectivity index (χ1v) is 5.20. The van der Waals surface area contributed by atoms with Crippen LogP contribution in [0.1, 0.15) is 6.42 Å². The molecule has 0 aromatic carbocycles. The van der Waals surface area contributed by atoms with E-state index < -0.39 is 0 Å². The predicted octanol–water partition coefficient (Wildman–Crippen LogP) is -0.384. The summed E-state index contributed by atoms with van der Waals surface area (Å²) in [7, 11) is 6.00. The van der Waals surface area contributed by atoms with Gasteiger partial charge in [0, 0.05) is 26.1 Å². The van der Waals surface area contributed by atoms with Gasteiger partial charge in [-0.1, -0.05) is 0 Å². The Kier molecular flexibility index (Phi) is 4.35. The molecule has 1 unspecified atom stereocenters. The molecule has 0 aliphatic carbocycles. The van der Waals surface area contributed by atoms with E-state index in [4.69, 9.17) is 0 Å². The highest BCUT2D eigenvalue weighted by Gasteiger charge is 2.28. The van der Waals surface area contributed by atoms with E-state index in [1.54, 1.807) is 0 Å². The van der Waals surface area contributed by atoms with Gasteiger partial charge in [-0.05, 0) is 33.6 Å². The van der Waals surface area contributed by atoms with Crippen molar-refractivity contribution in [2.75, 3.05) is 47.3 Å². The van der Waals surface area contributed by atoms with Crippen LogP contribution in [0.15, 0.2) is 0 Å². The van der Waals surface area contributed by atoms with Crippen LogP contribution in [0, 0.1) is 5.92 Å². The first kappa shape index (κ1) is 11.5. The van der Waals surface area contributed by atoms with E-state index in [1.807, 2.05) is 26.0 Å². The number of likely N-dealkylation sites (N-methyl/N-ethyl adjacent to an activating group) is 1. The molecule has 1 rings (SSSR count). The molecule has 1 aliphatic heterocycles. The lowest BCUT2D eigenvalue weighted by Crippen LogP contribution is -2.33. The number of amides is 1. The van der Waals surface area contributed by atoms with Gasteiger partial charge in [0.2, 0.25) is 5.91 Å². The van der Waals surface area contributed by atoms with Gasteiger partial charge in [-0.15, -0.1) is 0 Å². The quantitative estimate of drug-likeness (QED) is 0.655. The highest BCUT2D eigenvalue weighted by atomic mass is 16.2. The van der Waals surface area contributed by atoms with Gasteiger partial charge < -0.3 is 15.1 Å². The lowest BCUT2D eigenvalue weighted by atomic mass is 10.1. The number of likely N-dealkylation sites (tertiary alicyclic amines) is 1. The van der Waals surface area contributed by atoms with Gasteiger partial charge in [-0.2, -0.15) is 0 Å². The Labute approximate surface area is 86.2 Å². The van der Waals surface area contributed by atoms with Crippen molar-refractivity contribution >= 4 is 5.91 Å². The Morgan fingerprint density at radius 2 is 2.29 bits per heavy atom.